The second-order valence-corrected chi connectivity index (χ2v) is 11.8. The molecule has 2 aromatic rings. The van der Waals surface area contributed by atoms with E-state index >= 15 is 0 Å². The fourth-order valence-electron chi connectivity index (χ4n) is 3.23. The summed E-state index contributed by atoms with van der Waals surface area (Å²) in [6.45, 7) is 0. The molecule has 168 valence electrons. The van der Waals surface area contributed by atoms with Gasteiger partial charge < -0.3 is 10.4 Å². The summed E-state index contributed by atoms with van der Waals surface area (Å²) >= 11 is 2.55. The third-order valence-corrected chi connectivity index (χ3v) is 9.89. The number of carbonyl (C=O) groups excluding carboxylic acids is 2. The lowest BCUT2D eigenvalue weighted by molar-refractivity contribution is -0.150. The molecule has 0 aromatic carbocycles. The third-order valence-electron chi connectivity index (χ3n) is 4.63. The highest BCUT2D eigenvalue weighted by Crippen LogP contribution is 2.40. The summed E-state index contributed by atoms with van der Waals surface area (Å²) in [6.07, 6.45) is 1.44. The SMILES string of the molecule is O=C(CS(=O)c1cccs1)NC1C(=O)N2C(C(=O)O)=C(CS(=O)c3cccnn3)CSC12. The van der Waals surface area contributed by atoms with E-state index in [1.165, 1.54) is 35.4 Å². The number of nitrogens with zero attached hydrogens (tertiary/aromatic N) is 3. The largest absolute Gasteiger partial charge is 0.477 e. The molecule has 32 heavy (non-hydrogen) atoms. The molecule has 4 heterocycles. The van der Waals surface area contributed by atoms with Gasteiger partial charge in [0.1, 0.15) is 27.9 Å². The summed E-state index contributed by atoms with van der Waals surface area (Å²) < 4.78 is 25.3. The number of hydrogen-bond donors (Lipinski definition) is 2. The number of hydrogen-bond acceptors (Lipinski definition) is 9. The van der Waals surface area contributed by atoms with Gasteiger partial charge in [-0.1, -0.05) is 6.07 Å². The second-order valence-electron chi connectivity index (χ2n) is 6.69. The zero-order valence-corrected chi connectivity index (χ0v) is 19.5. The maximum Gasteiger partial charge on any atom is 0.352 e. The zero-order chi connectivity index (χ0) is 22.8. The number of β-lactam (4-membered cyclic amide) rings is 1. The van der Waals surface area contributed by atoms with Crippen LogP contribution in [0.2, 0.25) is 0 Å². The van der Waals surface area contributed by atoms with Gasteiger partial charge >= 0.3 is 5.97 Å². The van der Waals surface area contributed by atoms with Crippen molar-refractivity contribution in [2.75, 3.05) is 17.3 Å². The number of nitrogens with one attached hydrogen (secondary N) is 1. The number of carbonyl (C=O) groups is 3. The van der Waals surface area contributed by atoms with Crippen LogP contribution in [0.3, 0.4) is 0 Å². The molecule has 1 saturated heterocycles. The van der Waals surface area contributed by atoms with Crippen molar-refractivity contribution in [3.05, 3.63) is 47.1 Å². The van der Waals surface area contributed by atoms with Crippen LogP contribution < -0.4 is 5.32 Å². The van der Waals surface area contributed by atoms with Gasteiger partial charge in [-0.05, 0) is 29.2 Å². The average Bonchev–Trinajstić information content (AvgIpc) is 3.32. The Kier molecular flexibility index (Phi) is 6.83. The summed E-state index contributed by atoms with van der Waals surface area (Å²) in [5.41, 5.74) is 0.128. The van der Waals surface area contributed by atoms with Gasteiger partial charge in [0.05, 0.1) is 31.6 Å². The molecule has 2 aromatic heterocycles. The Morgan fingerprint density at radius 1 is 1.25 bits per heavy atom. The molecule has 4 atom stereocenters. The maximum absolute atomic E-state index is 12.7. The first-order valence-corrected chi connectivity index (χ1v) is 13.7. The predicted molar refractivity (Wildman–Crippen MR) is 119 cm³/mol. The van der Waals surface area contributed by atoms with Crippen LogP contribution in [0, 0.1) is 0 Å². The normalized spacial score (nSPS) is 22.0. The quantitative estimate of drug-likeness (QED) is 0.473. The Bertz CT molecular complexity index is 1140. The van der Waals surface area contributed by atoms with Gasteiger partial charge in [-0.3, -0.25) is 22.9 Å². The Morgan fingerprint density at radius 3 is 2.72 bits per heavy atom. The summed E-state index contributed by atoms with van der Waals surface area (Å²) in [5, 5.41) is 21.1. The van der Waals surface area contributed by atoms with Gasteiger partial charge in [-0.25, -0.2) is 4.79 Å². The van der Waals surface area contributed by atoms with Gasteiger partial charge in [0.15, 0.2) is 0 Å². The second kappa shape index (κ2) is 9.60. The van der Waals surface area contributed by atoms with Crippen LogP contribution in [0.25, 0.3) is 0 Å². The summed E-state index contributed by atoms with van der Waals surface area (Å²) in [6, 6.07) is 5.60. The van der Waals surface area contributed by atoms with Gasteiger partial charge in [0, 0.05) is 11.9 Å². The van der Waals surface area contributed by atoms with Crippen molar-refractivity contribution in [1.82, 2.24) is 20.4 Å². The van der Waals surface area contributed by atoms with E-state index in [0.717, 1.165) is 4.90 Å². The molecule has 10 nitrogen and oxygen atoms in total. The Morgan fingerprint density at radius 2 is 2.06 bits per heavy atom. The number of aliphatic carboxylic acids is 1. The topological polar surface area (TPSA) is 147 Å². The van der Waals surface area contributed by atoms with Crippen molar-refractivity contribution < 1.29 is 27.9 Å². The number of thiophene rings is 1. The molecule has 2 amide bonds. The van der Waals surface area contributed by atoms with E-state index in [1.54, 1.807) is 23.6 Å². The third kappa shape index (κ3) is 4.53. The van der Waals surface area contributed by atoms with Crippen molar-refractivity contribution in [3.8, 4) is 0 Å². The summed E-state index contributed by atoms with van der Waals surface area (Å²) in [5.74, 6) is -2.58. The van der Waals surface area contributed by atoms with Gasteiger partial charge in [0.25, 0.3) is 5.91 Å². The van der Waals surface area contributed by atoms with Crippen molar-refractivity contribution >= 4 is 62.5 Å². The molecular weight excluding hydrogens is 496 g/mol. The van der Waals surface area contributed by atoms with Crippen LogP contribution in [-0.2, 0) is 36.0 Å². The number of rotatable bonds is 8. The zero-order valence-electron chi connectivity index (χ0n) is 16.2. The molecule has 0 saturated carbocycles. The highest BCUT2D eigenvalue weighted by atomic mass is 32.2. The minimum Gasteiger partial charge on any atom is -0.477 e. The molecule has 1 fully saturated rings. The maximum atomic E-state index is 12.7. The standard InChI is InChI=1S/C18H16N4O6S4/c23-11(9-32(28)13-4-2-6-29-13)20-14-16(24)22-15(18(25)26)10(7-30-17(14)22)8-31(27)12-3-1-5-19-21-12/h1-6,14,17H,7-9H2,(H,20,23)(H,25,26). The molecule has 4 unspecified atom stereocenters. The molecule has 14 heteroatoms. The van der Waals surface area contributed by atoms with Crippen LogP contribution in [0.5, 0.6) is 0 Å². The number of aromatic nitrogens is 2. The molecule has 0 spiro atoms. The molecule has 0 aliphatic carbocycles. The summed E-state index contributed by atoms with van der Waals surface area (Å²) in [4.78, 5) is 38.0. The van der Waals surface area contributed by atoms with Gasteiger partial charge in [0.2, 0.25) is 5.91 Å². The van der Waals surface area contributed by atoms with Crippen LogP contribution in [-0.4, -0.2) is 75.1 Å². The van der Waals surface area contributed by atoms with Gasteiger partial charge in [-0.2, -0.15) is 5.10 Å². The number of fused-ring (bicyclic) bond motifs is 1. The minimum absolute atomic E-state index is 0.0966. The fraction of sp³-hybridized carbons (Fsp3) is 0.278. The Hall–Kier alpha value is -2.42. The summed E-state index contributed by atoms with van der Waals surface area (Å²) in [7, 11) is -3.14. The molecule has 0 radical (unpaired) electrons. The highest BCUT2D eigenvalue weighted by molar-refractivity contribution is 8.00. The van der Waals surface area contributed by atoms with Crippen LogP contribution in [0.4, 0.5) is 0 Å². The van der Waals surface area contributed by atoms with Crippen molar-refractivity contribution in [2.24, 2.45) is 0 Å². The Labute approximate surface area is 195 Å². The first-order chi connectivity index (χ1) is 15.4. The lowest BCUT2D eigenvalue weighted by Crippen LogP contribution is -2.70. The number of carboxylic acid groups (broad SMARTS) is 1. The van der Waals surface area contributed by atoms with E-state index in [0.29, 0.717) is 9.78 Å². The van der Waals surface area contributed by atoms with E-state index in [-0.39, 0.29) is 28.0 Å². The molecular formula is C18H16N4O6S4. The first-order valence-electron chi connectivity index (χ1n) is 9.14. The molecule has 0 bridgehead atoms. The molecule has 4 rings (SSSR count). The van der Waals surface area contributed by atoms with E-state index in [9.17, 15) is 27.9 Å². The molecule has 2 N–H and O–H groups in total. The molecule has 2 aliphatic heterocycles. The lowest BCUT2D eigenvalue weighted by atomic mass is 10.0. The number of carboxylic acids is 1. The van der Waals surface area contributed by atoms with E-state index in [4.69, 9.17) is 0 Å². The number of thioether (sulfide) groups is 1. The van der Waals surface area contributed by atoms with Crippen LogP contribution in [0.1, 0.15) is 0 Å². The van der Waals surface area contributed by atoms with E-state index < -0.39 is 50.8 Å². The lowest BCUT2D eigenvalue weighted by Gasteiger charge is -2.49. The Balaban J connectivity index is 1.45. The molecule has 2 aliphatic rings. The van der Waals surface area contributed by atoms with E-state index in [1.807, 2.05) is 0 Å². The number of amides is 2. The van der Waals surface area contributed by atoms with Crippen LogP contribution in [0.15, 0.2) is 56.3 Å². The van der Waals surface area contributed by atoms with Gasteiger partial charge in [-0.15, -0.1) is 28.2 Å². The van der Waals surface area contributed by atoms with Crippen molar-refractivity contribution in [1.29, 1.82) is 0 Å². The predicted octanol–water partition coefficient (Wildman–Crippen LogP) is 0.192. The minimum atomic E-state index is -1.62. The van der Waals surface area contributed by atoms with Crippen LogP contribution >= 0.6 is 23.1 Å². The fourth-order valence-corrected chi connectivity index (χ4v) is 7.70. The highest BCUT2D eigenvalue weighted by Gasteiger charge is 2.54. The van der Waals surface area contributed by atoms with E-state index in [2.05, 4.69) is 15.5 Å². The average molecular weight is 513 g/mol. The van der Waals surface area contributed by atoms with Crippen molar-refractivity contribution in [2.45, 2.75) is 20.7 Å². The monoisotopic (exact) mass is 512 g/mol. The smallest absolute Gasteiger partial charge is 0.352 e. The first kappa shape index (κ1) is 22.8. The van der Waals surface area contributed by atoms with Crippen molar-refractivity contribution in [3.63, 3.8) is 0 Å².